The normalized spacial score (nSPS) is 11.5. The van der Waals surface area contributed by atoms with Crippen molar-refractivity contribution < 1.29 is 13.2 Å². The predicted octanol–water partition coefficient (Wildman–Crippen LogP) is 3.94. The number of hydrogen-bond donors (Lipinski definition) is 1. The summed E-state index contributed by atoms with van der Waals surface area (Å²) in [5.41, 5.74) is 1.19. The Balaban J connectivity index is 1.88. The molecule has 1 N–H and O–H groups in total. The molecule has 0 aliphatic heterocycles. The quantitative estimate of drug-likeness (QED) is 0.786. The van der Waals surface area contributed by atoms with Crippen molar-refractivity contribution in [2.24, 2.45) is 0 Å². The van der Waals surface area contributed by atoms with E-state index in [1.807, 2.05) is 12.1 Å². The Labute approximate surface area is 136 Å². The molecule has 3 aromatic rings. The first kappa shape index (κ1) is 16.0. The highest BCUT2D eigenvalue weighted by atomic mass is 19.4. The molecule has 1 radical (unpaired) electrons. The van der Waals surface area contributed by atoms with E-state index >= 15 is 0 Å². The van der Waals surface area contributed by atoms with Crippen molar-refractivity contribution in [3.05, 3.63) is 61.0 Å². The van der Waals surface area contributed by atoms with Crippen LogP contribution in [0.2, 0.25) is 0 Å². The lowest BCUT2D eigenvalue weighted by molar-refractivity contribution is -0.137. The lowest BCUT2D eigenvalue weighted by atomic mass is 10.1. The highest BCUT2D eigenvalue weighted by Crippen LogP contribution is 2.31. The number of alkyl halides is 3. The molecule has 0 bridgehead atoms. The van der Waals surface area contributed by atoms with Crippen molar-refractivity contribution in [2.75, 3.05) is 5.32 Å². The van der Waals surface area contributed by atoms with E-state index in [2.05, 4.69) is 27.7 Å². The Kier molecular flexibility index (Phi) is 4.20. The zero-order valence-corrected chi connectivity index (χ0v) is 12.5. The Morgan fingerprint density at radius 3 is 2.38 bits per heavy atom. The Hall–Kier alpha value is -2.90. The number of tetrazole rings is 1. The molecule has 1 heterocycles. The Bertz CT molecular complexity index is 824. The van der Waals surface area contributed by atoms with Gasteiger partial charge in [-0.2, -0.15) is 18.0 Å². The summed E-state index contributed by atoms with van der Waals surface area (Å²) in [7, 11) is 0. The molecule has 0 fully saturated rings. The number of benzene rings is 2. The fourth-order valence-corrected chi connectivity index (χ4v) is 2.13. The summed E-state index contributed by atoms with van der Waals surface area (Å²) < 4.78 is 37.8. The minimum Gasteiger partial charge on any atom is -0.355 e. The molecule has 8 heteroatoms. The van der Waals surface area contributed by atoms with Gasteiger partial charge in [-0.1, -0.05) is 12.1 Å². The van der Waals surface area contributed by atoms with Crippen molar-refractivity contribution in [3.8, 4) is 11.4 Å². The molecule has 5 nitrogen and oxygen atoms in total. The zero-order valence-electron chi connectivity index (χ0n) is 12.5. The monoisotopic (exact) mass is 332 g/mol. The maximum absolute atomic E-state index is 12.6. The topological polar surface area (TPSA) is 55.6 Å². The molecular formula is C16H13F3N5. The van der Waals surface area contributed by atoms with E-state index in [1.54, 1.807) is 12.1 Å². The zero-order chi connectivity index (χ0) is 17.2. The van der Waals surface area contributed by atoms with Crippen LogP contribution in [0.3, 0.4) is 0 Å². The molecule has 0 atom stereocenters. The fourth-order valence-electron chi connectivity index (χ4n) is 2.13. The van der Waals surface area contributed by atoms with Gasteiger partial charge in [0, 0.05) is 16.9 Å². The number of aromatic nitrogens is 4. The second-order valence-corrected chi connectivity index (χ2v) is 4.95. The second-order valence-electron chi connectivity index (χ2n) is 4.95. The third-order valence-corrected chi connectivity index (χ3v) is 3.31. The van der Waals surface area contributed by atoms with E-state index in [1.165, 1.54) is 16.9 Å². The van der Waals surface area contributed by atoms with Gasteiger partial charge in [-0.05, 0) is 48.5 Å². The average molecular weight is 332 g/mol. The molecule has 0 aliphatic rings. The summed E-state index contributed by atoms with van der Waals surface area (Å²) in [5, 5.41) is 15.1. The third-order valence-electron chi connectivity index (χ3n) is 3.31. The predicted molar refractivity (Wildman–Crippen MR) is 83.3 cm³/mol. The summed E-state index contributed by atoms with van der Waals surface area (Å²) in [5.74, 6) is 0.411. The maximum atomic E-state index is 12.6. The summed E-state index contributed by atoms with van der Waals surface area (Å²) in [6.45, 7) is 4.02. The van der Waals surface area contributed by atoms with Gasteiger partial charge < -0.3 is 5.32 Å². The van der Waals surface area contributed by atoms with Crippen LogP contribution in [0.4, 0.5) is 24.5 Å². The van der Waals surface area contributed by atoms with Gasteiger partial charge in [0.25, 0.3) is 0 Å². The highest BCUT2D eigenvalue weighted by Gasteiger charge is 2.29. The molecule has 1 aromatic heterocycles. The smallest absolute Gasteiger partial charge is 0.355 e. The summed E-state index contributed by atoms with van der Waals surface area (Å²) in [6, 6.07) is 12.0. The number of nitrogens with zero attached hydrogens (tertiary/aromatic N) is 4. The van der Waals surface area contributed by atoms with Crippen molar-refractivity contribution in [1.82, 2.24) is 20.2 Å². The van der Waals surface area contributed by atoms with Crippen LogP contribution in [0.5, 0.6) is 0 Å². The van der Waals surface area contributed by atoms with Crippen LogP contribution in [-0.4, -0.2) is 20.2 Å². The molecule has 2 aromatic carbocycles. The summed E-state index contributed by atoms with van der Waals surface area (Å²) >= 11 is 0. The molecule has 3 rings (SSSR count). The Morgan fingerprint density at radius 2 is 1.75 bits per heavy atom. The van der Waals surface area contributed by atoms with Gasteiger partial charge in [-0.25, -0.2) is 0 Å². The number of rotatable bonds is 4. The number of halogens is 3. The van der Waals surface area contributed by atoms with Gasteiger partial charge in [0.1, 0.15) is 0 Å². The van der Waals surface area contributed by atoms with Crippen LogP contribution in [0.15, 0.2) is 48.5 Å². The molecule has 24 heavy (non-hydrogen) atoms. The van der Waals surface area contributed by atoms with Gasteiger partial charge >= 0.3 is 6.18 Å². The first-order valence-corrected chi connectivity index (χ1v) is 7.08. The van der Waals surface area contributed by atoms with Gasteiger partial charge in [-0.3, -0.25) is 0 Å². The van der Waals surface area contributed by atoms with Crippen molar-refractivity contribution in [2.45, 2.75) is 12.7 Å². The van der Waals surface area contributed by atoms with E-state index in [0.29, 0.717) is 29.3 Å². The van der Waals surface area contributed by atoms with E-state index in [9.17, 15) is 13.2 Å². The van der Waals surface area contributed by atoms with Gasteiger partial charge in [-0.15, -0.1) is 10.2 Å². The lowest BCUT2D eigenvalue weighted by Crippen LogP contribution is -2.04. The summed E-state index contributed by atoms with van der Waals surface area (Å²) in [6.07, 6.45) is -4.35. The summed E-state index contributed by atoms with van der Waals surface area (Å²) in [4.78, 5) is 1.35. The molecule has 123 valence electrons. The first-order valence-electron chi connectivity index (χ1n) is 7.08. The molecular weight excluding hydrogens is 319 g/mol. The number of nitrogens with one attached hydrogen (secondary N) is 1. The molecule has 0 saturated heterocycles. The van der Waals surface area contributed by atoms with Crippen LogP contribution in [0.25, 0.3) is 11.4 Å². The van der Waals surface area contributed by atoms with Crippen molar-refractivity contribution in [1.29, 1.82) is 0 Å². The average Bonchev–Trinajstić information content (AvgIpc) is 3.04. The van der Waals surface area contributed by atoms with Crippen molar-refractivity contribution >= 4 is 11.4 Å². The number of para-hydroxylation sites is 1. The molecule has 0 spiro atoms. The van der Waals surface area contributed by atoms with Crippen LogP contribution in [0.1, 0.15) is 5.56 Å². The fraction of sp³-hybridized carbons (Fsp3) is 0.125. The van der Waals surface area contributed by atoms with E-state index in [0.717, 1.165) is 12.1 Å². The third kappa shape index (κ3) is 3.37. The van der Waals surface area contributed by atoms with Crippen molar-refractivity contribution in [3.63, 3.8) is 0 Å². The SMILES string of the molecule is [CH2]Cn1nnc(-c2ccccc2Nc2ccc(C(F)(F)F)cc2)n1. The van der Waals surface area contributed by atoms with Gasteiger partial charge in [0.15, 0.2) is 0 Å². The van der Waals surface area contributed by atoms with Gasteiger partial charge in [0.2, 0.25) is 5.82 Å². The minimum atomic E-state index is -4.35. The standard InChI is InChI=1S/C16H13F3N5/c1-2-24-22-15(21-23-24)13-5-3-4-6-14(13)20-12-9-7-11(8-10-12)16(17,18)19/h3-10,20H,1-2H2. The van der Waals surface area contributed by atoms with Gasteiger partial charge in [0.05, 0.1) is 12.1 Å². The van der Waals surface area contributed by atoms with Crippen LogP contribution >= 0.6 is 0 Å². The number of anilines is 2. The molecule has 0 unspecified atom stereocenters. The maximum Gasteiger partial charge on any atom is 0.416 e. The van der Waals surface area contributed by atoms with E-state index in [-0.39, 0.29) is 0 Å². The highest BCUT2D eigenvalue weighted by molar-refractivity contribution is 5.77. The van der Waals surface area contributed by atoms with Crippen LogP contribution in [-0.2, 0) is 12.7 Å². The minimum absolute atomic E-state index is 0.349. The molecule has 0 amide bonds. The van der Waals surface area contributed by atoms with Crippen LogP contribution in [0, 0.1) is 6.92 Å². The number of hydrogen-bond acceptors (Lipinski definition) is 4. The second kappa shape index (κ2) is 6.31. The Morgan fingerprint density at radius 1 is 1.04 bits per heavy atom. The van der Waals surface area contributed by atoms with Crippen LogP contribution < -0.4 is 5.32 Å². The van der Waals surface area contributed by atoms with E-state index in [4.69, 9.17) is 0 Å². The van der Waals surface area contributed by atoms with E-state index < -0.39 is 11.7 Å². The molecule has 0 saturated carbocycles. The molecule has 0 aliphatic carbocycles. The first-order chi connectivity index (χ1) is 11.5. The largest absolute Gasteiger partial charge is 0.416 e. The lowest BCUT2D eigenvalue weighted by Gasteiger charge is -2.11.